The zero-order valence-corrected chi connectivity index (χ0v) is 12.3. The summed E-state index contributed by atoms with van der Waals surface area (Å²) in [6, 6.07) is 7.72. The highest BCUT2D eigenvalue weighted by Crippen LogP contribution is 2.20. The van der Waals surface area contributed by atoms with Gasteiger partial charge in [-0.15, -0.1) is 0 Å². The maximum absolute atomic E-state index is 9.10. The van der Waals surface area contributed by atoms with Gasteiger partial charge in [-0.1, -0.05) is 6.07 Å². The number of ether oxygens (including phenoxy) is 2. The summed E-state index contributed by atoms with van der Waals surface area (Å²) >= 11 is 0. The molecule has 118 valence electrons. The molecule has 0 aliphatic heterocycles. The average Bonchev–Trinajstić information content (AvgIpc) is 2.39. The predicted octanol–water partition coefficient (Wildman–Crippen LogP) is 1.23. The van der Waals surface area contributed by atoms with E-state index in [0.717, 1.165) is 18.0 Å². The molecule has 3 N–H and O–H groups in total. The number of rotatable bonds is 6. The third-order valence-corrected chi connectivity index (χ3v) is 1.98. The van der Waals surface area contributed by atoms with Gasteiger partial charge in [0.2, 0.25) is 0 Å². The first-order valence-electron chi connectivity index (χ1n) is 6.37. The van der Waals surface area contributed by atoms with Crippen LogP contribution in [-0.4, -0.2) is 48.5 Å². The molecule has 1 rings (SSSR count). The topological polar surface area (TPSA) is 105 Å². The lowest BCUT2D eigenvalue weighted by Crippen LogP contribution is -2.16. The monoisotopic (exact) mass is 299 g/mol. The lowest BCUT2D eigenvalue weighted by Gasteiger charge is -2.11. The first-order chi connectivity index (χ1) is 9.86. The van der Waals surface area contributed by atoms with Gasteiger partial charge in [-0.3, -0.25) is 0 Å². The number of hydrogen-bond acceptors (Lipinski definition) is 5. The molecule has 0 saturated heterocycles. The van der Waals surface area contributed by atoms with Crippen molar-refractivity contribution >= 4 is 11.9 Å². The molecule has 0 spiro atoms. The molecule has 0 bridgehead atoms. The van der Waals surface area contributed by atoms with E-state index in [1.165, 1.54) is 0 Å². The SMILES string of the molecule is CNCCOc1cccc(OC(C)C)c1.O=C(O)C(=O)O. The van der Waals surface area contributed by atoms with Crippen molar-refractivity contribution in [3.8, 4) is 11.5 Å². The number of carbonyl (C=O) groups is 2. The Morgan fingerprint density at radius 2 is 1.76 bits per heavy atom. The number of benzene rings is 1. The number of nitrogens with one attached hydrogen (secondary N) is 1. The Morgan fingerprint density at radius 1 is 1.19 bits per heavy atom. The zero-order valence-electron chi connectivity index (χ0n) is 12.3. The van der Waals surface area contributed by atoms with E-state index < -0.39 is 11.9 Å². The summed E-state index contributed by atoms with van der Waals surface area (Å²) in [5.74, 6) is -1.94. The first kappa shape index (κ1) is 18.7. The van der Waals surface area contributed by atoms with E-state index in [-0.39, 0.29) is 6.10 Å². The van der Waals surface area contributed by atoms with E-state index in [2.05, 4.69) is 5.32 Å². The highest BCUT2D eigenvalue weighted by Gasteiger charge is 2.04. The fourth-order valence-corrected chi connectivity index (χ4v) is 1.18. The number of aliphatic carboxylic acids is 2. The molecule has 7 heteroatoms. The second-order valence-electron chi connectivity index (χ2n) is 4.20. The lowest BCUT2D eigenvalue weighted by molar-refractivity contribution is -0.159. The molecular weight excluding hydrogens is 278 g/mol. The van der Waals surface area contributed by atoms with E-state index in [4.69, 9.17) is 29.3 Å². The highest BCUT2D eigenvalue weighted by atomic mass is 16.5. The van der Waals surface area contributed by atoms with Crippen molar-refractivity contribution in [2.45, 2.75) is 20.0 Å². The van der Waals surface area contributed by atoms with Crippen LogP contribution in [0.5, 0.6) is 11.5 Å². The molecule has 0 unspecified atom stereocenters. The van der Waals surface area contributed by atoms with Crippen LogP contribution in [0.25, 0.3) is 0 Å². The first-order valence-corrected chi connectivity index (χ1v) is 6.37. The van der Waals surface area contributed by atoms with Crippen LogP contribution in [-0.2, 0) is 9.59 Å². The van der Waals surface area contributed by atoms with E-state index in [9.17, 15) is 0 Å². The molecule has 0 aliphatic rings. The van der Waals surface area contributed by atoms with Crippen LogP contribution in [0.15, 0.2) is 24.3 Å². The molecular formula is C14H21NO6. The number of likely N-dealkylation sites (N-methyl/N-ethyl adjacent to an activating group) is 1. The molecule has 0 atom stereocenters. The van der Waals surface area contributed by atoms with Crippen LogP contribution < -0.4 is 14.8 Å². The zero-order chi connectivity index (χ0) is 16.3. The fraction of sp³-hybridized carbons (Fsp3) is 0.429. The molecule has 0 radical (unpaired) electrons. The van der Waals surface area contributed by atoms with Crippen LogP contribution in [0.2, 0.25) is 0 Å². The molecule has 0 saturated carbocycles. The van der Waals surface area contributed by atoms with Gasteiger partial charge in [0.05, 0.1) is 6.10 Å². The van der Waals surface area contributed by atoms with Crippen LogP contribution >= 0.6 is 0 Å². The Balaban J connectivity index is 0.000000567. The molecule has 0 fully saturated rings. The standard InChI is InChI=1S/C12H19NO2.C2H2O4/c1-10(2)15-12-6-4-5-11(9-12)14-8-7-13-3;3-1(4)2(5)6/h4-6,9-10,13H,7-8H2,1-3H3;(H,3,4)(H,5,6). The third kappa shape index (κ3) is 10.2. The van der Waals surface area contributed by atoms with Gasteiger partial charge in [0, 0.05) is 12.6 Å². The fourth-order valence-electron chi connectivity index (χ4n) is 1.18. The second-order valence-corrected chi connectivity index (χ2v) is 4.20. The Bertz CT molecular complexity index is 435. The lowest BCUT2D eigenvalue weighted by atomic mass is 10.3. The van der Waals surface area contributed by atoms with Crippen LogP contribution in [0.1, 0.15) is 13.8 Å². The summed E-state index contributed by atoms with van der Waals surface area (Å²) in [5, 5.41) is 17.8. The van der Waals surface area contributed by atoms with Crippen molar-refractivity contribution in [2.24, 2.45) is 0 Å². The Hall–Kier alpha value is -2.28. The predicted molar refractivity (Wildman–Crippen MR) is 76.9 cm³/mol. The quantitative estimate of drug-likeness (QED) is 0.536. The second kappa shape index (κ2) is 10.5. The highest BCUT2D eigenvalue weighted by molar-refractivity contribution is 6.27. The Kier molecular flexibility index (Phi) is 9.36. The van der Waals surface area contributed by atoms with Crippen molar-refractivity contribution in [3.05, 3.63) is 24.3 Å². The van der Waals surface area contributed by atoms with Crippen molar-refractivity contribution in [1.29, 1.82) is 0 Å². The minimum atomic E-state index is -1.82. The molecule has 0 heterocycles. The van der Waals surface area contributed by atoms with E-state index in [0.29, 0.717) is 6.61 Å². The summed E-state index contributed by atoms with van der Waals surface area (Å²) in [7, 11) is 1.90. The van der Waals surface area contributed by atoms with Gasteiger partial charge >= 0.3 is 11.9 Å². The van der Waals surface area contributed by atoms with Crippen molar-refractivity contribution in [2.75, 3.05) is 20.2 Å². The summed E-state index contributed by atoms with van der Waals surface area (Å²) in [4.78, 5) is 18.2. The molecule has 0 amide bonds. The average molecular weight is 299 g/mol. The molecule has 1 aromatic rings. The summed E-state index contributed by atoms with van der Waals surface area (Å²) < 4.78 is 11.1. The van der Waals surface area contributed by atoms with Gasteiger partial charge in [-0.2, -0.15) is 0 Å². The maximum atomic E-state index is 9.10. The number of carboxylic acids is 2. The third-order valence-electron chi connectivity index (χ3n) is 1.98. The minimum Gasteiger partial charge on any atom is -0.492 e. The number of hydrogen-bond donors (Lipinski definition) is 3. The van der Waals surface area contributed by atoms with Gasteiger partial charge in [-0.05, 0) is 33.0 Å². The van der Waals surface area contributed by atoms with Crippen LogP contribution in [0, 0.1) is 0 Å². The minimum absolute atomic E-state index is 0.192. The van der Waals surface area contributed by atoms with Gasteiger partial charge in [0.15, 0.2) is 0 Å². The number of carboxylic acid groups (broad SMARTS) is 2. The molecule has 0 aliphatic carbocycles. The van der Waals surface area contributed by atoms with Gasteiger partial charge in [-0.25, -0.2) is 9.59 Å². The summed E-state index contributed by atoms with van der Waals surface area (Å²) in [5.41, 5.74) is 0. The van der Waals surface area contributed by atoms with Gasteiger partial charge in [0.25, 0.3) is 0 Å². The van der Waals surface area contributed by atoms with Gasteiger partial charge < -0.3 is 25.0 Å². The van der Waals surface area contributed by atoms with Crippen LogP contribution in [0.3, 0.4) is 0 Å². The maximum Gasteiger partial charge on any atom is 0.414 e. The summed E-state index contributed by atoms with van der Waals surface area (Å²) in [6.07, 6.45) is 0.192. The normalized spacial score (nSPS) is 9.52. The van der Waals surface area contributed by atoms with Crippen molar-refractivity contribution < 1.29 is 29.3 Å². The van der Waals surface area contributed by atoms with E-state index in [1.807, 2.05) is 45.2 Å². The molecule has 7 nitrogen and oxygen atoms in total. The van der Waals surface area contributed by atoms with Gasteiger partial charge in [0.1, 0.15) is 18.1 Å². The molecule has 0 aromatic heterocycles. The largest absolute Gasteiger partial charge is 0.492 e. The van der Waals surface area contributed by atoms with Crippen molar-refractivity contribution in [3.63, 3.8) is 0 Å². The Morgan fingerprint density at radius 3 is 2.24 bits per heavy atom. The van der Waals surface area contributed by atoms with E-state index in [1.54, 1.807) is 0 Å². The van der Waals surface area contributed by atoms with Crippen molar-refractivity contribution in [1.82, 2.24) is 5.32 Å². The molecule has 1 aromatic carbocycles. The Labute approximate surface area is 123 Å². The smallest absolute Gasteiger partial charge is 0.414 e. The molecule has 21 heavy (non-hydrogen) atoms. The summed E-state index contributed by atoms with van der Waals surface area (Å²) in [6.45, 7) is 5.53. The van der Waals surface area contributed by atoms with E-state index >= 15 is 0 Å². The van der Waals surface area contributed by atoms with Crippen LogP contribution in [0.4, 0.5) is 0 Å².